The molecule has 208 valence electrons. The topological polar surface area (TPSA) is 86.8 Å². The van der Waals surface area contributed by atoms with Gasteiger partial charge in [-0.05, 0) is 48.2 Å². The van der Waals surface area contributed by atoms with Crippen molar-refractivity contribution >= 4 is 50.7 Å². The minimum absolute atomic E-state index is 0.000133. The van der Waals surface area contributed by atoms with Crippen molar-refractivity contribution in [2.45, 2.75) is 44.7 Å². The lowest BCUT2D eigenvalue weighted by molar-refractivity contribution is -0.140. The molecule has 0 saturated carbocycles. The second-order valence-electron chi connectivity index (χ2n) is 9.49. The molecule has 7 nitrogen and oxygen atoms in total. The maximum absolute atomic E-state index is 14.0. The van der Waals surface area contributed by atoms with Crippen LogP contribution in [0.25, 0.3) is 0 Å². The average molecular weight is 591 g/mol. The van der Waals surface area contributed by atoms with Gasteiger partial charge in [0.15, 0.2) is 0 Å². The second kappa shape index (κ2) is 13.8. The smallest absolute Gasteiger partial charge is 0.264 e. The molecule has 0 spiro atoms. The Labute approximate surface area is 240 Å². The number of carbonyl (C=O) groups excluding carboxylic acids is 2. The fourth-order valence-corrected chi connectivity index (χ4v) is 6.05. The van der Waals surface area contributed by atoms with Crippen molar-refractivity contribution in [2.24, 2.45) is 5.92 Å². The number of carbonyl (C=O) groups is 2. The third kappa shape index (κ3) is 7.97. The fourth-order valence-electron chi connectivity index (χ4n) is 4.04. The van der Waals surface area contributed by atoms with E-state index in [0.717, 1.165) is 9.87 Å². The summed E-state index contributed by atoms with van der Waals surface area (Å²) in [5, 5.41) is 3.31. The van der Waals surface area contributed by atoms with Crippen LogP contribution in [0.2, 0.25) is 10.0 Å². The highest BCUT2D eigenvalue weighted by atomic mass is 35.5. The van der Waals surface area contributed by atoms with Crippen LogP contribution in [0.4, 0.5) is 5.69 Å². The molecule has 0 aliphatic rings. The first-order valence-electron chi connectivity index (χ1n) is 12.7. The molecule has 1 N–H and O–H groups in total. The zero-order chi connectivity index (χ0) is 28.6. The Morgan fingerprint density at radius 2 is 1.54 bits per heavy atom. The first kappa shape index (κ1) is 30.5. The zero-order valence-electron chi connectivity index (χ0n) is 22.2. The Kier molecular flexibility index (Phi) is 10.8. The number of benzene rings is 3. The van der Waals surface area contributed by atoms with Crippen molar-refractivity contribution < 1.29 is 18.0 Å². The summed E-state index contributed by atoms with van der Waals surface area (Å²) in [6, 6.07) is 20.7. The molecule has 0 radical (unpaired) electrons. The first-order chi connectivity index (χ1) is 18.5. The lowest BCUT2D eigenvalue weighted by Crippen LogP contribution is -2.52. The summed E-state index contributed by atoms with van der Waals surface area (Å²) in [4.78, 5) is 28.6. The number of amides is 2. The maximum atomic E-state index is 14.0. The van der Waals surface area contributed by atoms with E-state index < -0.39 is 28.5 Å². The van der Waals surface area contributed by atoms with Crippen LogP contribution in [0.1, 0.15) is 32.8 Å². The van der Waals surface area contributed by atoms with E-state index in [1.807, 2.05) is 51.1 Å². The first-order valence-corrected chi connectivity index (χ1v) is 14.9. The van der Waals surface area contributed by atoms with Gasteiger partial charge in [-0.1, -0.05) is 92.5 Å². The van der Waals surface area contributed by atoms with Crippen molar-refractivity contribution in [3.05, 3.63) is 94.5 Å². The SMILES string of the molecule is CC[C@H](C(=O)NCC(C)C)N(Cc1ccccc1)C(=O)CN(c1ccc(Cl)cc1Cl)S(=O)(=O)c1ccccc1. The Hall–Kier alpha value is -3.07. The van der Waals surface area contributed by atoms with Gasteiger partial charge in [0, 0.05) is 18.1 Å². The molecular formula is C29H33Cl2N3O4S. The summed E-state index contributed by atoms with van der Waals surface area (Å²) in [6.07, 6.45) is 0.343. The van der Waals surface area contributed by atoms with Crippen LogP contribution in [0.15, 0.2) is 83.8 Å². The molecule has 0 unspecified atom stereocenters. The van der Waals surface area contributed by atoms with Crippen LogP contribution >= 0.6 is 23.2 Å². The van der Waals surface area contributed by atoms with Gasteiger partial charge in [0.25, 0.3) is 10.0 Å². The molecule has 1 atom stereocenters. The maximum Gasteiger partial charge on any atom is 0.264 e. The van der Waals surface area contributed by atoms with E-state index in [0.29, 0.717) is 18.0 Å². The predicted molar refractivity (Wildman–Crippen MR) is 156 cm³/mol. The van der Waals surface area contributed by atoms with Gasteiger partial charge in [0.1, 0.15) is 12.6 Å². The van der Waals surface area contributed by atoms with E-state index in [2.05, 4.69) is 5.32 Å². The second-order valence-corrected chi connectivity index (χ2v) is 12.2. The van der Waals surface area contributed by atoms with Gasteiger partial charge in [0.05, 0.1) is 15.6 Å². The van der Waals surface area contributed by atoms with Gasteiger partial charge in [-0.3, -0.25) is 13.9 Å². The van der Waals surface area contributed by atoms with E-state index in [9.17, 15) is 18.0 Å². The van der Waals surface area contributed by atoms with Crippen LogP contribution in [0.3, 0.4) is 0 Å². The quantitative estimate of drug-likeness (QED) is 0.290. The molecule has 0 aromatic heterocycles. The summed E-state index contributed by atoms with van der Waals surface area (Å²) in [7, 11) is -4.21. The molecule has 39 heavy (non-hydrogen) atoms. The normalized spacial score (nSPS) is 12.2. The third-order valence-electron chi connectivity index (χ3n) is 6.05. The largest absolute Gasteiger partial charge is 0.354 e. The Morgan fingerprint density at radius 1 is 0.923 bits per heavy atom. The molecule has 0 bridgehead atoms. The number of halogens is 2. The summed E-state index contributed by atoms with van der Waals surface area (Å²) < 4.78 is 28.6. The molecule has 0 aliphatic carbocycles. The molecule has 3 aromatic carbocycles. The van der Waals surface area contributed by atoms with Crippen molar-refractivity contribution in [3.63, 3.8) is 0 Å². The van der Waals surface area contributed by atoms with Crippen molar-refractivity contribution in [1.82, 2.24) is 10.2 Å². The lowest BCUT2D eigenvalue weighted by Gasteiger charge is -2.33. The van der Waals surface area contributed by atoms with Crippen LogP contribution in [0, 0.1) is 5.92 Å². The molecule has 3 aromatic rings. The van der Waals surface area contributed by atoms with Crippen LogP contribution < -0.4 is 9.62 Å². The molecule has 0 aliphatic heterocycles. The minimum atomic E-state index is -4.21. The van der Waals surface area contributed by atoms with Gasteiger partial charge in [0.2, 0.25) is 11.8 Å². The molecule has 10 heteroatoms. The summed E-state index contributed by atoms with van der Waals surface area (Å²) in [5.74, 6) is -0.614. The number of hydrogen-bond donors (Lipinski definition) is 1. The highest BCUT2D eigenvalue weighted by Crippen LogP contribution is 2.33. The molecule has 3 rings (SSSR count). The molecular weight excluding hydrogens is 557 g/mol. The number of anilines is 1. The number of sulfonamides is 1. The highest BCUT2D eigenvalue weighted by Gasteiger charge is 2.34. The van der Waals surface area contributed by atoms with E-state index in [4.69, 9.17) is 23.2 Å². The average Bonchev–Trinajstić information content (AvgIpc) is 2.91. The van der Waals surface area contributed by atoms with Crippen LogP contribution in [-0.2, 0) is 26.2 Å². The molecule has 2 amide bonds. The lowest BCUT2D eigenvalue weighted by atomic mass is 10.1. The van der Waals surface area contributed by atoms with Gasteiger partial charge in [-0.25, -0.2) is 8.42 Å². The van der Waals surface area contributed by atoms with E-state index in [1.54, 1.807) is 18.2 Å². The summed E-state index contributed by atoms with van der Waals surface area (Å²) >= 11 is 12.5. The van der Waals surface area contributed by atoms with E-state index >= 15 is 0 Å². The monoisotopic (exact) mass is 589 g/mol. The molecule has 0 heterocycles. The van der Waals surface area contributed by atoms with Crippen molar-refractivity contribution in [1.29, 1.82) is 0 Å². The summed E-state index contributed by atoms with van der Waals surface area (Å²) in [5.41, 5.74) is 0.915. The van der Waals surface area contributed by atoms with Crippen LogP contribution in [-0.4, -0.2) is 44.3 Å². The van der Waals surface area contributed by atoms with Crippen molar-refractivity contribution in [2.75, 3.05) is 17.4 Å². The highest BCUT2D eigenvalue weighted by molar-refractivity contribution is 7.92. The fraction of sp³-hybridized carbons (Fsp3) is 0.310. The van der Waals surface area contributed by atoms with Gasteiger partial charge in [-0.15, -0.1) is 0 Å². The Balaban J connectivity index is 2.05. The van der Waals surface area contributed by atoms with Gasteiger partial charge >= 0.3 is 0 Å². The number of nitrogens with one attached hydrogen (secondary N) is 1. The Morgan fingerprint density at radius 3 is 2.10 bits per heavy atom. The van der Waals surface area contributed by atoms with E-state index in [-0.39, 0.29) is 34.0 Å². The predicted octanol–water partition coefficient (Wildman–Crippen LogP) is 5.77. The standard InChI is InChI=1S/C29H33Cl2N3O4S/c1-4-26(29(36)32-18-21(2)3)33(19-22-11-7-5-8-12-22)28(35)20-34(27-16-15-23(30)17-25(27)31)39(37,38)24-13-9-6-10-14-24/h5-17,21,26H,4,18-20H2,1-3H3,(H,32,36)/t26-/m1/s1. The molecule has 0 saturated heterocycles. The third-order valence-corrected chi connectivity index (χ3v) is 8.37. The Bertz CT molecular complexity index is 1370. The number of nitrogens with zero attached hydrogens (tertiary/aromatic N) is 2. The number of rotatable bonds is 12. The van der Waals surface area contributed by atoms with E-state index in [1.165, 1.54) is 35.2 Å². The zero-order valence-corrected chi connectivity index (χ0v) is 24.5. The molecule has 0 fully saturated rings. The number of hydrogen-bond acceptors (Lipinski definition) is 4. The van der Waals surface area contributed by atoms with Gasteiger partial charge < -0.3 is 10.2 Å². The van der Waals surface area contributed by atoms with Gasteiger partial charge in [-0.2, -0.15) is 0 Å². The summed E-state index contributed by atoms with van der Waals surface area (Å²) in [6.45, 7) is 5.80. The van der Waals surface area contributed by atoms with Crippen molar-refractivity contribution in [3.8, 4) is 0 Å². The minimum Gasteiger partial charge on any atom is -0.354 e. The van der Waals surface area contributed by atoms with Crippen LogP contribution in [0.5, 0.6) is 0 Å².